The van der Waals surface area contributed by atoms with Gasteiger partial charge in [-0.1, -0.05) is 42.5 Å². The zero-order chi connectivity index (χ0) is 23.8. The molecular weight excluding hydrogens is 440 g/mol. The first-order chi connectivity index (χ1) is 17.2. The fraction of sp³-hybridized carbons (Fsp3) is 0.138. The molecule has 4 aromatic rings. The number of hydrogen-bond donors (Lipinski definition) is 2. The van der Waals surface area contributed by atoms with Gasteiger partial charge in [0.15, 0.2) is 23.0 Å². The highest BCUT2D eigenvalue weighted by molar-refractivity contribution is 5.96. The van der Waals surface area contributed by atoms with E-state index in [1.54, 1.807) is 0 Å². The molecule has 0 fully saturated rings. The molecule has 0 amide bonds. The number of nitrogens with one attached hydrogen (secondary N) is 1. The summed E-state index contributed by atoms with van der Waals surface area (Å²) in [6.45, 7) is 0. The van der Waals surface area contributed by atoms with Crippen LogP contribution >= 0.6 is 0 Å². The zero-order valence-electron chi connectivity index (χ0n) is 19.0. The van der Waals surface area contributed by atoms with Crippen molar-refractivity contribution in [2.24, 2.45) is 0 Å². The maximum atomic E-state index is 11.0. The molecule has 0 unspecified atom stereocenters. The number of hydrogen-bond acceptors (Lipinski definition) is 5. The van der Waals surface area contributed by atoms with Crippen molar-refractivity contribution in [3.8, 4) is 23.0 Å². The Bertz CT molecular complexity index is 1430. The van der Waals surface area contributed by atoms with Crippen LogP contribution in [0.3, 0.4) is 0 Å². The van der Waals surface area contributed by atoms with Gasteiger partial charge in [-0.25, -0.2) is 0 Å². The number of carboxylic acids is 1. The standard InChI is InChI=1S/C29H24N2O4/c32-27(33)18-6-1-9-19-10-7-17-26-29(19)31(21-12-3-5-15-24(21)35-26)22-13-8-16-25-28(22)30-20-11-2-4-14-23(20)34-25/h2-5,7-8,10-17,30H,1,6,9,18H2,(H,32,33). The molecule has 0 spiro atoms. The normalized spacial score (nSPS) is 12.7. The lowest BCUT2D eigenvalue weighted by atomic mass is 10.0. The van der Waals surface area contributed by atoms with Gasteiger partial charge in [-0.2, -0.15) is 0 Å². The van der Waals surface area contributed by atoms with E-state index in [4.69, 9.17) is 14.6 Å². The van der Waals surface area contributed by atoms with E-state index in [1.165, 1.54) is 0 Å². The molecule has 0 saturated carbocycles. The van der Waals surface area contributed by atoms with Crippen molar-refractivity contribution < 1.29 is 19.4 Å². The van der Waals surface area contributed by atoms with Crippen LogP contribution in [0.15, 0.2) is 84.9 Å². The van der Waals surface area contributed by atoms with Crippen LogP contribution < -0.4 is 19.7 Å². The second kappa shape index (κ2) is 8.72. The molecule has 0 aliphatic carbocycles. The molecule has 4 aromatic carbocycles. The molecule has 0 bridgehead atoms. The molecule has 0 saturated heterocycles. The molecule has 174 valence electrons. The Morgan fingerprint density at radius 2 is 1.43 bits per heavy atom. The van der Waals surface area contributed by atoms with Crippen LogP contribution in [-0.2, 0) is 11.2 Å². The van der Waals surface area contributed by atoms with Crippen LogP contribution in [0.5, 0.6) is 23.0 Å². The number of unbranched alkanes of at least 4 members (excludes halogenated alkanes) is 1. The van der Waals surface area contributed by atoms with Crippen LogP contribution in [0.4, 0.5) is 28.4 Å². The van der Waals surface area contributed by atoms with E-state index in [-0.39, 0.29) is 6.42 Å². The number of benzene rings is 4. The number of ether oxygens (including phenoxy) is 2. The van der Waals surface area contributed by atoms with E-state index in [2.05, 4.69) is 28.4 Å². The van der Waals surface area contributed by atoms with Crippen LogP contribution in [0.1, 0.15) is 24.8 Å². The number of nitrogens with zero attached hydrogens (tertiary/aromatic N) is 1. The molecule has 35 heavy (non-hydrogen) atoms. The van der Waals surface area contributed by atoms with Crippen molar-refractivity contribution in [3.05, 3.63) is 90.5 Å². The average Bonchev–Trinajstić information content (AvgIpc) is 2.88. The van der Waals surface area contributed by atoms with Crippen LogP contribution in [0.25, 0.3) is 0 Å². The van der Waals surface area contributed by atoms with E-state index >= 15 is 0 Å². The van der Waals surface area contributed by atoms with Gasteiger partial charge in [0.05, 0.1) is 22.7 Å². The lowest BCUT2D eigenvalue weighted by Gasteiger charge is -2.36. The highest BCUT2D eigenvalue weighted by atomic mass is 16.5. The average molecular weight is 465 g/mol. The lowest BCUT2D eigenvalue weighted by Crippen LogP contribution is -2.19. The third kappa shape index (κ3) is 3.83. The molecule has 6 nitrogen and oxygen atoms in total. The Morgan fingerprint density at radius 1 is 0.743 bits per heavy atom. The predicted molar refractivity (Wildman–Crippen MR) is 136 cm³/mol. The molecular formula is C29H24N2O4. The number of fused-ring (bicyclic) bond motifs is 4. The number of para-hydroxylation sites is 6. The molecule has 2 N–H and O–H groups in total. The maximum Gasteiger partial charge on any atom is 0.303 e. The van der Waals surface area contributed by atoms with Crippen molar-refractivity contribution in [1.82, 2.24) is 0 Å². The van der Waals surface area contributed by atoms with Crippen molar-refractivity contribution >= 4 is 34.4 Å². The summed E-state index contributed by atoms with van der Waals surface area (Å²) in [5.41, 5.74) is 5.76. The summed E-state index contributed by atoms with van der Waals surface area (Å²) in [5.74, 6) is 2.33. The number of rotatable bonds is 6. The van der Waals surface area contributed by atoms with E-state index in [1.807, 2.05) is 66.7 Å². The van der Waals surface area contributed by atoms with Crippen molar-refractivity contribution in [2.75, 3.05) is 10.2 Å². The van der Waals surface area contributed by atoms with Gasteiger partial charge in [-0.15, -0.1) is 0 Å². The van der Waals surface area contributed by atoms with Gasteiger partial charge in [-0.05, 0) is 67.3 Å². The molecule has 2 heterocycles. The number of aryl methyl sites for hydroxylation is 1. The molecule has 2 aliphatic heterocycles. The SMILES string of the molecule is O=C(O)CCCCc1cccc2c1N(c1cccc3c1Nc1ccccc1O3)c1ccccc1O2. The molecule has 6 rings (SSSR count). The largest absolute Gasteiger partial charge is 0.481 e. The van der Waals surface area contributed by atoms with Gasteiger partial charge in [0.25, 0.3) is 0 Å². The number of aliphatic carboxylic acids is 1. The first-order valence-corrected chi connectivity index (χ1v) is 11.8. The highest BCUT2D eigenvalue weighted by Crippen LogP contribution is 2.56. The smallest absolute Gasteiger partial charge is 0.303 e. The minimum absolute atomic E-state index is 0.172. The van der Waals surface area contributed by atoms with E-state index < -0.39 is 5.97 Å². The summed E-state index contributed by atoms with van der Waals surface area (Å²) in [7, 11) is 0. The summed E-state index contributed by atoms with van der Waals surface area (Å²) >= 11 is 0. The van der Waals surface area contributed by atoms with Gasteiger partial charge >= 0.3 is 5.97 Å². The summed E-state index contributed by atoms with van der Waals surface area (Å²) in [4.78, 5) is 13.2. The minimum atomic E-state index is -0.763. The van der Waals surface area contributed by atoms with E-state index in [9.17, 15) is 4.79 Å². The van der Waals surface area contributed by atoms with Gasteiger partial charge in [-0.3, -0.25) is 4.79 Å². The van der Waals surface area contributed by atoms with E-state index in [0.717, 1.165) is 69.8 Å². The topological polar surface area (TPSA) is 71.0 Å². The predicted octanol–water partition coefficient (Wildman–Crippen LogP) is 7.91. The lowest BCUT2D eigenvalue weighted by molar-refractivity contribution is -0.137. The fourth-order valence-corrected chi connectivity index (χ4v) is 4.74. The number of carboxylic acid groups (broad SMARTS) is 1. The third-order valence-corrected chi connectivity index (χ3v) is 6.33. The van der Waals surface area contributed by atoms with Crippen LogP contribution in [0.2, 0.25) is 0 Å². The number of anilines is 5. The van der Waals surface area contributed by atoms with Crippen LogP contribution in [0, 0.1) is 0 Å². The Morgan fingerprint density at radius 3 is 2.31 bits per heavy atom. The Kier molecular flexibility index (Phi) is 5.26. The van der Waals surface area contributed by atoms with Crippen molar-refractivity contribution in [3.63, 3.8) is 0 Å². The van der Waals surface area contributed by atoms with Crippen LogP contribution in [-0.4, -0.2) is 11.1 Å². The monoisotopic (exact) mass is 464 g/mol. The Hall–Kier alpha value is -4.45. The molecule has 0 radical (unpaired) electrons. The summed E-state index contributed by atoms with van der Waals surface area (Å²) < 4.78 is 12.6. The highest BCUT2D eigenvalue weighted by Gasteiger charge is 2.31. The fourth-order valence-electron chi connectivity index (χ4n) is 4.74. The van der Waals surface area contributed by atoms with Gasteiger partial charge < -0.3 is 24.8 Å². The summed E-state index contributed by atoms with van der Waals surface area (Å²) in [6.07, 6.45) is 2.33. The van der Waals surface area contributed by atoms with Gasteiger partial charge in [0, 0.05) is 6.42 Å². The van der Waals surface area contributed by atoms with E-state index in [0.29, 0.717) is 6.42 Å². The van der Waals surface area contributed by atoms with Gasteiger partial charge in [0.1, 0.15) is 5.69 Å². The first kappa shape index (κ1) is 21.1. The number of carbonyl (C=O) groups is 1. The minimum Gasteiger partial charge on any atom is -0.481 e. The van der Waals surface area contributed by atoms with Gasteiger partial charge in [0.2, 0.25) is 0 Å². The third-order valence-electron chi connectivity index (χ3n) is 6.33. The Balaban J connectivity index is 1.47. The van der Waals surface area contributed by atoms with Crippen molar-refractivity contribution in [1.29, 1.82) is 0 Å². The molecule has 0 atom stereocenters. The first-order valence-electron chi connectivity index (χ1n) is 11.8. The molecule has 0 aromatic heterocycles. The molecule has 6 heteroatoms. The zero-order valence-corrected chi connectivity index (χ0v) is 19.0. The summed E-state index contributed by atoms with van der Waals surface area (Å²) in [5, 5.41) is 12.6. The maximum absolute atomic E-state index is 11.0. The Labute approximate surface area is 203 Å². The second-order valence-corrected chi connectivity index (χ2v) is 8.64. The molecule has 2 aliphatic rings. The quantitative estimate of drug-likeness (QED) is 0.244. The summed E-state index contributed by atoms with van der Waals surface area (Å²) in [6, 6.07) is 28.0. The second-order valence-electron chi connectivity index (χ2n) is 8.64. The van der Waals surface area contributed by atoms with Crippen molar-refractivity contribution in [2.45, 2.75) is 25.7 Å².